The highest BCUT2D eigenvalue weighted by Gasteiger charge is 2.21. The van der Waals surface area contributed by atoms with Gasteiger partial charge in [-0.2, -0.15) is 0 Å². The van der Waals surface area contributed by atoms with Gasteiger partial charge in [-0.15, -0.1) is 11.8 Å². The van der Waals surface area contributed by atoms with Crippen LogP contribution in [0.4, 0.5) is 5.69 Å². The molecule has 0 fully saturated rings. The Bertz CT molecular complexity index is 813. The number of hydrogen-bond donors (Lipinski definition) is 1. The largest absolute Gasteiger partial charge is 0.497 e. The molecule has 0 saturated heterocycles. The maximum Gasteiger partial charge on any atom is 0.118 e. The standard InChI is InChI=1S/C19H17NOS/c1-21-15-9-6-14(7-10-15)18-12-20-19-16-5-3-2-4-13(16)8-11-17(19)22-18/h2-11,18,20H,12H2,1H3. The number of fused-ring (bicyclic) bond motifs is 3. The molecule has 0 saturated carbocycles. The summed E-state index contributed by atoms with van der Waals surface area (Å²) < 4.78 is 5.24. The number of rotatable bonds is 2. The molecule has 1 aliphatic rings. The van der Waals surface area contributed by atoms with Crippen LogP contribution in [0, 0.1) is 0 Å². The third-order valence-electron chi connectivity index (χ3n) is 4.11. The van der Waals surface area contributed by atoms with Crippen LogP contribution in [0.1, 0.15) is 10.8 Å². The first-order valence-corrected chi connectivity index (χ1v) is 8.29. The first-order chi connectivity index (χ1) is 10.8. The van der Waals surface area contributed by atoms with Crippen molar-refractivity contribution in [3.8, 4) is 5.75 Å². The minimum Gasteiger partial charge on any atom is -0.497 e. The SMILES string of the molecule is COc1ccc(C2CNc3c(ccc4ccccc34)S2)cc1. The van der Waals surface area contributed by atoms with E-state index in [0.717, 1.165) is 12.3 Å². The highest BCUT2D eigenvalue weighted by molar-refractivity contribution is 7.99. The molecule has 4 rings (SSSR count). The summed E-state index contributed by atoms with van der Waals surface area (Å²) in [5.41, 5.74) is 2.60. The zero-order valence-corrected chi connectivity index (χ0v) is 13.2. The van der Waals surface area contributed by atoms with Gasteiger partial charge < -0.3 is 10.1 Å². The predicted molar refractivity (Wildman–Crippen MR) is 94.0 cm³/mol. The normalized spacial score (nSPS) is 16.9. The summed E-state index contributed by atoms with van der Waals surface area (Å²) in [5, 5.41) is 6.66. The minimum absolute atomic E-state index is 0.430. The smallest absolute Gasteiger partial charge is 0.118 e. The average molecular weight is 307 g/mol. The molecule has 0 amide bonds. The Morgan fingerprint density at radius 2 is 1.82 bits per heavy atom. The molecule has 1 aliphatic heterocycles. The summed E-state index contributed by atoms with van der Waals surface area (Å²) in [7, 11) is 1.70. The van der Waals surface area contributed by atoms with Crippen LogP contribution in [-0.2, 0) is 0 Å². The fourth-order valence-electron chi connectivity index (χ4n) is 2.93. The van der Waals surface area contributed by atoms with E-state index in [9.17, 15) is 0 Å². The molecule has 0 bridgehead atoms. The van der Waals surface area contributed by atoms with E-state index >= 15 is 0 Å². The van der Waals surface area contributed by atoms with Gasteiger partial charge in [0.25, 0.3) is 0 Å². The summed E-state index contributed by atoms with van der Waals surface area (Å²) in [6.07, 6.45) is 0. The van der Waals surface area contributed by atoms with Crippen molar-refractivity contribution in [1.82, 2.24) is 0 Å². The van der Waals surface area contributed by atoms with Crippen molar-refractivity contribution in [3.05, 3.63) is 66.2 Å². The van der Waals surface area contributed by atoms with Gasteiger partial charge in [0.2, 0.25) is 0 Å². The third-order valence-corrected chi connectivity index (χ3v) is 5.43. The maximum atomic E-state index is 5.24. The summed E-state index contributed by atoms with van der Waals surface area (Å²) in [5.74, 6) is 0.906. The molecule has 2 nitrogen and oxygen atoms in total. The van der Waals surface area contributed by atoms with Crippen molar-refractivity contribution in [2.45, 2.75) is 10.1 Å². The molecule has 0 aromatic heterocycles. The van der Waals surface area contributed by atoms with E-state index in [-0.39, 0.29) is 0 Å². The molecule has 3 heteroatoms. The summed E-state index contributed by atoms with van der Waals surface area (Å²) in [4.78, 5) is 1.32. The summed E-state index contributed by atoms with van der Waals surface area (Å²) in [6, 6.07) is 21.4. The van der Waals surface area contributed by atoms with Crippen molar-refractivity contribution < 1.29 is 4.74 Å². The second-order valence-corrected chi connectivity index (χ2v) is 6.66. The van der Waals surface area contributed by atoms with Gasteiger partial charge in [-0.1, -0.05) is 42.5 Å². The molecule has 1 atom stereocenters. The Labute approximate surface area is 134 Å². The van der Waals surface area contributed by atoms with Crippen molar-refractivity contribution in [2.24, 2.45) is 0 Å². The quantitative estimate of drug-likeness (QED) is 0.711. The van der Waals surface area contributed by atoms with Crippen LogP contribution < -0.4 is 10.1 Å². The first kappa shape index (κ1) is 13.5. The molecule has 1 unspecified atom stereocenters. The lowest BCUT2D eigenvalue weighted by atomic mass is 10.1. The number of thioether (sulfide) groups is 1. The van der Waals surface area contributed by atoms with E-state index in [4.69, 9.17) is 4.74 Å². The molecule has 0 spiro atoms. The molecule has 3 aromatic rings. The molecule has 110 valence electrons. The van der Waals surface area contributed by atoms with Gasteiger partial charge in [0.05, 0.1) is 18.0 Å². The van der Waals surface area contributed by atoms with Crippen LogP contribution >= 0.6 is 11.8 Å². The molecule has 0 radical (unpaired) electrons. The fourth-order valence-corrected chi connectivity index (χ4v) is 4.14. The molecule has 1 heterocycles. The minimum atomic E-state index is 0.430. The number of anilines is 1. The van der Waals surface area contributed by atoms with E-state index in [0.29, 0.717) is 5.25 Å². The number of ether oxygens (including phenoxy) is 1. The van der Waals surface area contributed by atoms with Gasteiger partial charge in [0, 0.05) is 16.8 Å². The van der Waals surface area contributed by atoms with Gasteiger partial charge in [-0.25, -0.2) is 0 Å². The maximum absolute atomic E-state index is 5.24. The van der Waals surface area contributed by atoms with Crippen LogP contribution in [0.5, 0.6) is 5.75 Å². The number of hydrogen-bond acceptors (Lipinski definition) is 3. The van der Waals surface area contributed by atoms with Gasteiger partial charge in [0.15, 0.2) is 0 Å². The van der Waals surface area contributed by atoms with Crippen LogP contribution in [0.2, 0.25) is 0 Å². The highest BCUT2D eigenvalue weighted by Crippen LogP contribution is 2.45. The molecular formula is C19H17NOS. The Morgan fingerprint density at radius 1 is 1.00 bits per heavy atom. The molecule has 1 N–H and O–H groups in total. The van der Waals surface area contributed by atoms with Gasteiger partial charge >= 0.3 is 0 Å². The third kappa shape index (κ3) is 2.32. The summed E-state index contributed by atoms with van der Waals surface area (Å²) >= 11 is 1.94. The second-order valence-electron chi connectivity index (χ2n) is 5.42. The zero-order valence-electron chi connectivity index (χ0n) is 12.4. The van der Waals surface area contributed by atoms with E-state index in [1.807, 2.05) is 23.9 Å². The Kier molecular flexibility index (Phi) is 3.43. The predicted octanol–water partition coefficient (Wildman–Crippen LogP) is 5.11. The van der Waals surface area contributed by atoms with Gasteiger partial charge in [-0.05, 0) is 29.1 Å². The van der Waals surface area contributed by atoms with E-state index in [2.05, 4.69) is 53.8 Å². The zero-order chi connectivity index (χ0) is 14.9. The van der Waals surface area contributed by atoms with Crippen LogP contribution in [0.15, 0.2) is 65.6 Å². The molecule has 3 aromatic carbocycles. The summed E-state index contributed by atoms with van der Waals surface area (Å²) in [6.45, 7) is 0.942. The van der Waals surface area contributed by atoms with Crippen LogP contribution in [-0.4, -0.2) is 13.7 Å². The van der Waals surface area contributed by atoms with Crippen LogP contribution in [0.3, 0.4) is 0 Å². The highest BCUT2D eigenvalue weighted by atomic mass is 32.2. The lowest BCUT2D eigenvalue weighted by Crippen LogP contribution is -2.15. The monoisotopic (exact) mass is 307 g/mol. The van der Waals surface area contributed by atoms with Crippen molar-refractivity contribution in [1.29, 1.82) is 0 Å². The Balaban J connectivity index is 1.67. The van der Waals surface area contributed by atoms with Crippen molar-refractivity contribution in [2.75, 3.05) is 19.0 Å². The fraction of sp³-hybridized carbons (Fsp3) is 0.158. The Morgan fingerprint density at radius 3 is 2.64 bits per heavy atom. The average Bonchev–Trinajstić information content (AvgIpc) is 2.61. The first-order valence-electron chi connectivity index (χ1n) is 7.41. The lowest BCUT2D eigenvalue weighted by molar-refractivity contribution is 0.414. The molecular weight excluding hydrogens is 290 g/mol. The number of nitrogens with one attached hydrogen (secondary N) is 1. The molecule has 0 aliphatic carbocycles. The van der Waals surface area contributed by atoms with E-state index < -0.39 is 0 Å². The van der Waals surface area contributed by atoms with Crippen molar-refractivity contribution >= 4 is 28.2 Å². The number of methoxy groups -OCH3 is 1. The van der Waals surface area contributed by atoms with Crippen LogP contribution in [0.25, 0.3) is 10.8 Å². The van der Waals surface area contributed by atoms with E-state index in [1.54, 1.807) is 7.11 Å². The Hall–Kier alpha value is -2.13. The lowest BCUT2D eigenvalue weighted by Gasteiger charge is -2.27. The second kappa shape index (κ2) is 5.58. The number of benzene rings is 3. The topological polar surface area (TPSA) is 21.3 Å². The van der Waals surface area contributed by atoms with Gasteiger partial charge in [0.1, 0.15) is 5.75 Å². The van der Waals surface area contributed by atoms with Crippen molar-refractivity contribution in [3.63, 3.8) is 0 Å². The van der Waals surface area contributed by atoms with E-state index in [1.165, 1.54) is 26.9 Å². The molecule has 22 heavy (non-hydrogen) atoms. The van der Waals surface area contributed by atoms with Gasteiger partial charge in [-0.3, -0.25) is 0 Å².